The first-order valence-electron chi connectivity index (χ1n) is 8.31. The van der Waals surface area contributed by atoms with E-state index in [2.05, 4.69) is 19.0 Å². The van der Waals surface area contributed by atoms with Crippen LogP contribution in [0.4, 0.5) is 0 Å². The lowest BCUT2D eigenvalue weighted by molar-refractivity contribution is -0.162. The monoisotopic (exact) mass is 394 g/mol. The van der Waals surface area contributed by atoms with Crippen molar-refractivity contribution in [1.82, 2.24) is 10.6 Å². The lowest BCUT2D eigenvalue weighted by Crippen LogP contribution is -2.59. The molecule has 1 aliphatic heterocycles. The van der Waals surface area contributed by atoms with E-state index in [0.717, 1.165) is 6.42 Å². The van der Waals surface area contributed by atoms with Crippen LogP contribution in [0, 0.1) is 11.8 Å². The number of carboxylic acids is 1. The molecule has 0 radical (unpaired) electrons. The van der Waals surface area contributed by atoms with Crippen LogP contribution in [-0.4, -0.2) is 56.1 Å². The minimum absolute atomic E-state index is 0.0152. The van der Waals surface area contributed by atoms with Crippen molar-refractivity contribution in [3.05, 3.63) is 0 Å². The van der Waals surface area contributed by atoms with Gasteiger partial charge in [0.1, 0.15) is 12.6 Å². The number of amides is 2. The Labute approximate surface area is 152 Å². The van der Waals surface area contributed by atoms with Crippen molar-refractivity contribution in [3.8, 4) is 0 Å². The standard InChI is InChI=1S/C15H26N2O8S/c1-9(2)5-6-16-12(18)11(7-10(3)4)17-13(19)15(14(20)21)8-24-26(22,23)25-15/h9-11H,5-8H2,1-4H3,(H,16,18)(H,17,19)(H,20,21)/t11-,15+/m0/s1. The summed E-state index contributed by atoms with van der Waals surface area (Å²) in [5, 5.41) is 14.2. The highest BCUT2D eigenvalue weighted by Crippen LogP contribution is 2.26. The molecule has 0 aliphatic carbocycles. The molecule has 0 spiro atoms. The second kappa shape index (κ2) is 8.78. The molecule has 0 bridgehead atoms. The van der Waals surface area contributed by atoms with Crippen LogP contribution in [-0.2, 0) is 33.1 Å². The average Bonchev–Trinajstić information content (AvgIpc) is 2.83. The highest BCUT2D eigenvalue weighted by atomic mass is 32.3. The van der Waals surface area contributed by atoms with E-state index >= 15 is 0 Å². The van der Waals surface area contributed by atoms with Gasteiger partial charge in [-0.2, -0.15) is 8.42 Å². The molecule has 2 amide bonds. The Hall–Kier alpha value is -1.72. The number of nitrogens with one attached hydrogen (secondary N) is 2. The Bertz CT molecular complexity index is 646. The second-order valence-corrected chi connectivity index (χ2v) is 8.23. The van der Waals surface area contributed by atoms with E-state index in [-0.39, 0.29) is 12.3 Å². The average molecular weight is 394 g/mol. The normalized spacial score (nSPS) is 23.0. The molecule has 1 rings (SSSR count). The van der Waals surface area contributed by atoms with E-state index in [0.29, 0.717) is 12.5 Å². The van der Waals surface area contributed by atoms with Gasteiger partial charge in [-0.15, -0.1) is 0 Å². The highest BCUT2D eigenvalue weighted by molar-refractivity contribution is 7.82. The van der Waals surface area contributed by atoms with Crippen LogP contribution in [0.3, 0.4) is 0 Å². The summed E-state index contributed by atoms with van der Waals surface area (Å²) in [7, 11) is -4.59. The number of carbonyl (C=O) groups is 3. The molecular formula is C15H26N2O8S. The molecule has 1 fully saturated rings. The van der Waals surface area contributed by atoms with Crippen molar-refractivity contribution in [1.29, 1.82) is 0 Å². The predicted molar refractivity (Wildman–Crippen MR) is 90.2 cm³/mol. The quantitative estimate of drug-likeness (QED) is 0.455. The minimum Gasteiger partial charge on any atom is -0.479 e. The Morgan fingerprint density at radius 3 is 2.19 bits per heavy atom. The molecule has 0 aromatic rings. The van der Waals surface area contributed by atoms with Crippen LogP contribution < -0.4 is 10.6 Å². The molecule has 0 aromatic heterocycles. The molecule has 1 aliphatic rings. The van der Waals surface area contributed by atoms with Crippen molar-refractivity contribution in [2.75, 3.05) is 13.2 Å². The first-order valence-corrected chi connectivity index (χ1v) is 9.65. The first-order chi connectivity index (χ1) is 11.9. The third kappa shape index (κ3) is 5.92. The molecule has 1 heterocycles. The Balaban J connectivity index is 2.90. The largest absolute Gasteiger partial charge is 0.479 e. The van der Waals surface area contributed by atoms with E-state index in [4.69, 9.17) is 0 Å². The predicted octanol–water partition coefficient (Wildman–Crippen LogP) is -0.205. The molecule has 3 N–H and O–H groups in total. The van der Waals surface area contributed by atoms with Crippen LogP contribution in [0.2, 0.25) is 0 Å². The maximum atomic E-state index is 12.4. The Morgan fingerprint density at radius 1 is 1.15 bits per heavy atom. The van der Waals surface area contributed by atoms with Gasteiger partial charge in [-0.25, -0.2) is 13.2 Å². The molecule has 11 heteroatoms. The molecular weight excluding hydrogens is 368 g/mol. The van der Waals surface area contributed by atoms with Crippen LogP contribution in [0.15, 0.2) is 0 Å². The highest BCUT2D eigenvalue weighted by Gasteiger charge is 2.58. The third-order valence-electron chi connectivity index (χ3n) is 3.71. The number of aliphatic carboxylic acids is 1. The van der Waals surface area contributed by atoms with Crippen molar-refractivity contribution < 1.29 is 36.3 Å². The number of hydrogen-bond acceptors (Lipinski definition) is 7. The summed E-state index contributed by atoms with van der Waals surface area (Å²) in [4.78, 5) is 36.2. The summed E-state index contributed by atoms with van der Waals surface area (Å²) in [6, 6.07) is -1.03. The van der Waals surface area contributed by atoms with Crippen molar-refractivity contribution in [2.45, 2.75) is 52.2 Å². The molecule has 2 atom stereocenters. The summed E-state index contributed by atoms with van der Waals surface area (Å²) in [6.45, 7) is 7.04. The fourth-order valence-electron chi connectivity index (χ4n) is 2.26. The van der Waals surface area contributed by atoms with Gasteiger partial charge in [0.15, 0.2) is 0 Å². The number of rotatable bonds is 9. The summed E-state index contributed by atoms with van der Waals surface area (Å²) >= 11 is 0. The van der Waals surface area contributed by atoms with Crippen molar-refractivity contribution in [3.63, 3.8) is 0 Å². The molecule has 10 nitrogen and oxygen atoms in total. The summed E-state index contributed by atoms with van der Waals surface area (Å²) in [5.41, 5.74) is -2.74. The van der Waals surface area contributed by atoms with E-state index in [1.54, 1.807) is 0 Å². The molecule has 1 saturated heterocycles. The third-order valence-corrected chi connectivity index (χ3v) is 4.61. The lowest BCUT2D eigenvalue weighted by Gasteiger charge is -2.25. The van der Waals surface area contributed by atoms with Gasteiger partial charge in [0, 0.05) is 6.54 Å². The van der Waals surface area contributed by atoms with Gasteiger partial charge in [-0.1, -0.05) is 27.7 Å². The number of hydrogen-bond donors (Lipinski definition) is 3. The van der Waals surface area contributed by atoms with Gasteiger partial charge in [-0.05, 0) is 24.7 Å². The summed E-state index contributed by atoms with van der Waals surface area (Å²) in [5.74, 6) is -3.16. The summed E-state index contributed by atoms with van der Waals surface area (Å²) in [6.07, 6.45) is 0.977. The van der Waals surface area contributed by atoms with Crippen LogP contribution >= 0.6 is 0 Å². The van der Waals surface area contributed by atoms with Gasteiger partial charge in [0.25, 0.3) is 11.5 Å². The van der Waals surface area contributed by atoms with Gasteiger partial charge < -0.3 is 15.7 Å². The molecule has 26 heavy (non-hydrogen) atoms. The Kier molecular flexibility index (Phi) is 7.54. The summed E-state index contributed by atoms with van der Waals surface area (Å²) < 4.78 is 31.2. The van der Waals surface area contributed by atoms with Crippen molar-refractivity contribution in [2.24, 2.45) is 11.8 Å². The van der Waals surface area contributed by atoms with Gasteiger partial charge >= 0.3 is 16.4 Å². The molecule has 0 saturated carbocycles. The van der Waals surface area contributed by atoms with E-state index in [1.807, 2.05) is 27.7 Å². The Morgan fingerprint density at radius 2 is 1.77 bits per heavy atom. The minimum atomic E-state index is -4.59. The molecule has 150 valence electrons. The zero-order valence-corrected chi connectivity index (χ0v) is 16.1. The van der Waals surface area contributed by atoms with Gasteiger partial charge in [0.05, 0.1) is 0 Å². The topological polar surface area (TPSA) is 148 Å². The van der Waals surface area contributed by atoms with Gasteiger partial charge in [0.2, 0.25) is 5.91 Å². The zero-order chi connectivity index (χ0) is 20.1. The van der Waals surface area contributed by atoms with E-state index < -0.39 is 46.4 Å². The number of carbonyl (C=O) groups excluding carboxylic acids is 2. The van der Waals surface area contributed by atoms with Crippen molar-refractivity contribution >= 4 is 28.2 Å². The zero-order valence-electron chi connectivity index (χ0n) is 15.3. The maximum absolute atomic E-state index is 12.4. The second-order valence-electron chi connectivity index (χ2n) is 7.02. The SMILES string of the molecule is CC(C)CCNC(=O)[C@H](CC(C)C)NC(=O)[C@@]1(C(=O)O)COS(=O)(=O)O1. The van der Waals surface area contributed by atoms with Crippen LogP contribution in [0.5, 0.6) is 0 Å². The fraction of sp³-hybridized carbons (Fsp3) is 0.800. The van der Waals surface area contributed by atoms with Gasteiger partial charge in [-0.3, -0.25) is 9.59 Å². The lowest BCUT2D eigenvalue weighted by atomic mass is 10.00. The molecule has 0 unspecified atom stereocenters. The smallest absolute Gasteiger partial charge is 0.401 e. The first kappa shape index (κ1) is 22.3. The molecule has 0 aromatic carbocycles. The van der Waals surface area contributed by atoms with E-state index in [9.17, 15) is 27.9 Å². The van der Waals surface area contributed by atoms with E-state index in [1.165, 1.54) is 0 Å². The van der Waals surface area contributed by atoms with Crippen LogP contribution in [0.25, 0.3) is 0 Å². The maximum Gasteiger partial charge on any atom is 0.401 e. The van der Waals surface area contributed by atoms with Crippen LogP contribution in [0.1, 0.15) is 40.5 Å². The number of carboxylic acid groups (broad SMARTS) is 1. The fourth-order valence-corrected chi connectivity index (χ4v) is 3.16.